The minimum Gasteiger partial charge on any atom is -0.441 e. The van der Waals surface area contributed by atoms with Crippen molar-refractivity contribution in [3.63, 3.8) is 0 Å². The summed E-state index contributed by atoms with van der Waals surface area (Å²) in [5.74, 6) is 0.718. The standard InChI is InChI=1S/C19H17FN2O2/c1-13-17(22-19(24-13)15-5-3-2-4-6-15)11-12-21-18(23)14-7-9-16(20)10-8-14/h2-10H,11-12H2,1H3,(H,21,23). The molecule has 0 fully saturated rings. The van der Waals surface area contributed by atoms with Crippen LogP contribution in [0.15, 0.2) is 59.0 Å². The van der Waals surface area contributed by atoms with Crippen LogP contribution in [-0.4, -0.2) is 17.4 Å². The Kier molecular flexibility index (Phi) is 4.70. The second-order valence-corrected chi connectivity index (χ2v) is 5.40. The van der Waals surface area contributed by atoms with Crippen LogP contribution in [0.5, 0.6) is 0 Å². The van der Waals surface area contributed by atoms with E-state index in [4.69, 9.17) is 4.42 Å². The van der Waals surface area contributed by atoms with Gasteiger partial charge in [0, 0.05) is 24.1 Å². The largest absolute Gasteiger partial charge is 0.441 e. The lowest BCUT2D eigenvalue weighted by Gasteiger charge is -2.04. The fourth-order valence-corrected chi connectivity index (χ4v) is 2.36. The number of aryl methyl sites for hydroxylation is 1. The Bertz CT molecular complexity index is 826. The molecular weight excluding hydrogens is 307 g/mol. The fraction of sp³-hybridized carbons (Fsp3) is 0.158. The molecule has 5 heteroatoms. The molecule has 0 aliphatic carbocycles. The minimum atomic E-state index is -0.363. The summed E-state index contributed by atoms with van der Waals surface area (Å²) in [7, 11) is 0. The first-order chi connectivity index (χ1) is 11.6. The Hall–Kier alpha value is -2.95. The van der Waals surface area contributed by atoms with E-state index in [1.165, 1.54) is 24.3 Å². The maximum atomic E-state index is 12.9. The van der Waals surface area contributed by atoms with Crippen molar-refractivity contribution in [2.24, 2.45) is 0 Å². The lowest BCUT2D eigenvalue weighted by atomic mass is 10.2. The van der Waals surface area contributed by atoms with Crippen molar-refractivity contribution in [2.45, 2.75) is 13.3 Å². The number of nitrogens with zero attached hydrogens (tertiary/aromatic N) is 1. The van der Waals surface area contributed by atoms with Gasteiger partial charge < -0.3 is 9.73 Å². The lowest BCUT2D eigenvalue weighted by Crippen LogP contribution is -2.25. The van der Waals surface area contributed by atoms with E-state index in [0.717, 1.165) is 17.0 Å². The zero-order chi connectivity index (χ0) is 16.9. The van der Waals surface area contributed by atoms with Crippen molar-refractivity contribution >= 4 is 5.91 Å². The van der Waals surface area contributed by atoms with E-state index in [-0.39, 0.29) is 11.7 Å². The molecule has 0 spiro atoms. The van der Waals surface area contributed by atoms with Gasteiger partial charge in [-0.05, 0) is 43.3 Å². The summed E-state index contributed by atoms with van der Waals surface area (Å²) >= 11 is 0. The number of aromatic nitrogens is 1. The van der Waals surface area contributed by atoms with Crippen LogP contribution in [0, 0.1) is 12.7 Å². The molecule has 2 aromatic carbocycles. The quantitative estimate of drug-likeness (QED) is 0.777. The number of hydrogen-bond acceptors (Lipinski definition) is 3. The maximum absolute atomic E-state index is 12.9. The van der Waals surface area contributed by atoms with Gasteiger partial charge in [0.05, 0.1) is 5.69 Å². The highest BCUT2D eigenvalue weighted by Gasteiger charge is 2.12. The SMILES string of the molecule is Cc1oc(-c2ccccc2)nc1CCNC(=O)c1ccc(F)cc1. The third-order valence-electron chi connectivity index (χ3n) is 3.67. The fourth-order valence-electron chi connectivity index (χ4n) is 2.36. The van der Waals surface area contributed by atoms with Crippen LogP contribution >= 0.6 is 0 Å². The zero-order valence-corrected chi connectivity index (χ0v) is 13.3. The van der Waals surface area contributed by atoms with Crippen molar-refractivity contribution < 1.29 is 13.6 Å². The van der Waals surface area contributed by atoms with E-state index in [2.05, 4.69) is 10.3 Å². The number of amides is 1. The summed E-state index contributed by atoms with van der Waals surface area (Å²) in [5, 5.41) is 2.80. The summed E-state index contributed by atoms with van der Waals surface area (Å²) in [6.07, 6.45) is 0.565. The zero-order valence-electron chi connectivity index (χ0n) is 13.3. The van der Waals surface area contributed by atoms with Gasteiger partial charge in [0.25, 0.3) is 5.91 Å². The molecule has 0 bridgehead atoms. The highest BCUT2D eigenvalue weighted by atomic mass is 19.1. The van der Waals surface area contributed by atoms with Crippen LogP contribution in [0.25, 0.3) is 11.5 Å². The Morgan fingerprint density at radius 2 is 1.83 bits per heavy atom. The average molecular weight is 324 g/mol. The number of halogens is 1. The Morgan fingerprint density at radius 1 is 1.12 bits per heavy atom. The van der Waals surface area contributed by atoms with Crippen molar-refractivity contribution in [1.82, 2.24) is 10.3 Å². The van der Waals surface area contributed by atoms with Crippen molar-refractivity contribution in [1.29, 1.82) is 0 Å². The molecule has 1 amide bonds. The molecule has 0 saturated heterocycles. The minimum absolute atomic E-state index is 0.237. The topological polar surface area (TPSA) is 55.1 Å². The number of nitrogens with one attached hydrogen (secondary N) is 1. The molecule has 122 valence electrons. The van der Waals surface area contributed by atoms with Gasteiger partial charge >= 0.3 is 0 Å². The van der Waals surface area contributed by atoms with Crippen molar-refractivity contribution in [2.75, 3.05) is 6.54 Å². The first-order valence-corrected chi connectivity index (χ1v) is 7.69. The normalized spacial score (nSPS) is 10.6. The van der Waals surface area contributed by atoms with Gasteiger partial charge in [0.2, 0.25) is 5.89 Å². The molecular formula is C19H17FN2O2. The number of carbonyl (C=O) groups excluding carboxylic acids is 1. The van der Waals surface area contributed by atoms with Gasteiger partial charge in [0.1, 0.15) is 11.6 Å². The molecule has 0 aliphatic heterocycles. The molecule has 1 aromatic heterocycles. The van der Waals surface area contributed by atoms with Gasteiger partial charge in [-0.1, -0.05) is 18.2 Å². The molecule has 0 unspecified atom stereocenters. The van der Waals surface area contributed by atoms with Crippen LogP contribution in [0.2, 0.25) is 0 Å². The molecule has 3 rings (SSSR count). The second-order valence-electron chi connectivity index (χ2n) is 5.40. The monoisotopic (exact) mass is 324 g/mol. The first-order valence-electron chi connectivity index (χ1n) is 7.69. The molecule has 4 nitrogen and oxygen atoms in total. The first kappa shape index (κ1) is 15.9. The summed E-state index contributed by atoms with van der Waals surface area (Å²) < 4.78 is 18.6. The van der Waals surface area contributed by atoms with E-state index in [1.54, 1.807) is 0 Å². The molecule has 24 heavy (non-hydrogen) atoms. The second kappa shape index (κ2) is 7.08. The maximum Gasteiger partial charge on any atom is 0.251 e. The van der Waals surface area contributed by atoms with E-state index in [0.29, 0.717) is 24.4 Å². The van der Waals surface area contributed by atoms with Crippen LogP contribution in [0.3, 0.4) is 0 Å². The van der Waals surface area contributed by atoms with Gasteiger partial charge in [-0.25, -0.2) is 9.37 Å². The highest BCUT2D eigenvalue weighted by molar-refractivity contribution is 5.94. The van der Waals surface area contributed by atoms with E-state index in [1.807, 2.05) is 37.3 Å². The van der Waals surface area contributed by atoms with Crippen LogP contribution in [0.4, 0.5) is 4.39 Å². The summed E-state index contributed by atoms with van der Waals surface area (Å²) in [4.78, 5) is 16.5. The predicted octanol–water partition coefficient (Wildman–Crippen LogP) is 3.76. The molecule has 3 aromatic rings. The van der Waals surface area contributed by atoms with Gasteiger partial charge in [-0.15, -0.1) is 0 Å². The van der Waals surface area contributed by atoms with Gasteiger partial charge in [0.15, 0.2) is 0 Å². The summed E-state index contributed by atoms with van der Waals surface area (Å²) in [5.41, 5.74) is 2.16. The van der Waals surface area contributed by atoms with Gasteiger partial charge in [-0.3, -0.25) is 4.79 Å². The average Bonchev–Trinajstić information content (AvgIpc) is 2.97. The molecule has 1 N–H and O–H groups in total. The molecule has 1 heterocycles. The molecule has 0 aliphatic rings. The van der Waals surface area contributed by atoms with Gasteiger partial charge in [-0.2, -0.15) is 0 Å². The van der Waals surface area contributed by atoms with Crippen LogP contribution in [-0.2, 0) is 6.42 Å². The number of hydrogen-bond donors (Lipinski definition) is 1. The Morgan fingerprint density at radius 3 is 2.54 bits per heavy atom. The highest BCUT2D eigenvalue weighted by Crippen LogP contribution is 2.21. The predicted molar refractivity (Wildman–Crippen MR) is 89.1 cm³/mol. The molecule has 0 saturated carbocycles. The number of oxazole rings is 1. The Balaban J connectivity index is 1.60. The smallest absolute Gasteiger partial charge is 0.251 e. The summed E-state index contributed by atoms with van der Waals surface area (Å²) in [6, 6.07) is 15.1. The van der Waals surface area contributed by atoms with Crippen LogP contribution < -0.4 is 5.32 Å². The van der Waals surface area contributed by atoms with E-state index in [9.17, 15) is 9.18 Å². The summed E-state index contributed by atoms with van der Waals surface area (Å²) in [6.45, 7) is 2.29. The van der Waals surface area contributed by atoms with E-state index < -0.39 is 0 Å². The lowest BCUT2D eigenvalue weighted by molar-refractivity contribution is 0.0954. The van der Waals surface area contributed by atoms with Crippen LogP contribution in [0.1, 0.15) is 21.8 Å². The van der Waals surface area contributed by atoms with E-state index >= 15 is 0 Å². The Labute approximate surface area is 139 Å². The number of benzene rings is 2. The number of rotatable bonds is 5. The van der Waals surface area contributed by atoms with Crippen molar-refractivity contribution in [3.05, 3.63) is 77.4 Å². The van der Waals surface area contributed by atoms with Crippen molar-refractivity contribution in [3.8, 4) is 11.5 Å². The number of carbonyl (C=O) groups is 1. The third kappa shape index (κ3) is 3.68. The molecule has 0 radical (unpaired) electrons. The third-order valence-corrected chi connectivity index (χ3v) is 3.67. The molecule has 0 atom stereocenters.